The van der Waals surface area contributed by atoms with Gasteiger partial charge in [-0.3, -0.25) is 4.79 Å². The van der Waals surface area contributed by atoms with Crippen molar-refractivity contribution in [2.24, 2.45) is 0 Å². The van der Waals surface area contributed by atoms with E-state index in [4.69, 9.17) is 9.26 Å². The van der Waals surface area contributed by atoms with Crippen LogP contribution in [-0.4, -0.2) is 24.2 Å². The van der Waals surface area contributed by atoms with Gasteiger partial charge in [-0.05, 0) is 25.0 Å². The normalized spacial score (nSPS) is 13.1. The van der Waals surface area contributed by atoms with Crippen LogP contribution in [0, 0.1) is 23.5 Å². The van der Waals surface area contributed by atoms with Crippen LogP contribution in [0.3, 0.4) is 0 Å². The Balaban J connectivity index is 1.41. The monoisotopic (exact) mass is 332 g/mol. The summed E-state index contributed by atoms with van der Waals surface area (Å²) in [5, 5.41) is 6.29. The number of carbonyl (C=O) groups is 1. The predicted molar refractivity (Wildman–Crippen MR) is 80.4 cm³/mol. The molecule has 1 fully saturated rings. The van der Waals surface area contributed by atoms with Crippen LogP contribution in [0.25, 0.3) is 0 Å². The fourth-order valence-electron chi connectivity index (χ4n) is 1.99. The summed E-state index contributed by atoms with van der Waals surface area (Å²) in [6.45, 7) is 0.0218. The molecule has 1 aliphatic carbocycles. The molecule has 24 heavy (non-hydrogen) atoms. The molecule has 2 aromatic rings. The van der Waals surface area contributed by atoms with Gasteiger partial charge in [0.25, 0.3) is 5.91 Å². The summed E-state index contributed by atoms with van der Waals surface area (Å²) >= 11 is 0. The lowest BCUT2D eigenvalue weighted by atomic mass is 10.3. The third kappa shape index (κ3) is 4.10. The average Bonchev–Trinajstić information content (AvgIpc) is 3.29. The van der Waals surface area contributed by atoms with Crippen LogP contribution in [-0.2, 0) is 0 Å². The van der Waals surface area contributed by atoms with Crippen LogP contribution < -0.4 is 10.1 Å². The molecule has 0 saturated heterocycles. The minimum Gasteiger partial charge on any atom is -0.478 e. The molecular formula is C17H14F2N2O3. The van der Waals surface area contributed by atoms with Crippen molar-refractivity contribution in [3.8, 4) is 17.6 Å². The molecule has 0 radical (unpaired) electrons. The first-order chi connectivity index (χ1) is 11.6. The second-order valence-corrected chi connectivity index (χ2v) is 5.29. The molecule has 1 N–H and O–H groups in total. The van der Waals surface area contributed by atoms with E-state index in [1.165, 1.54) is 6.07 Å². The van der Waals surface area contributed by atoms with Crippen molar-refractivity contribution < 1.29 is 22.8 Å². The van der Waals surface area contributed by atoms with Gasteiger partial charge in [0.05, 0.1) is 6.54 Å². The van der Waals surface area contributed by atoms with E-state index < -0.39 is 11.6 Å². The lowest BCUT2D eigenvalue weighted by Crippen LogP contribution is -2.23. The van der Waals surface area contributed by atoms with Gasteiger partial charge in [0.15, 0.2) is 17.3 Å². The Kier molecular flexibility index (Phi) is 4.75. The fraction of sp³-hybridized carbons (Fsp3) is 0.294. The van der Waals surface area contributed by atoms with Crippen LogP contribution in [0.2, 0.25) is 0 Å². The summed E-state index contributed by atoms with van der Waals surface area (Å²) < 4.78 is 36.2. The van der Waals surface area contributed by atoms with Gasteiger partial charge in [-0.1, -0.05) is 17.0 Å². The van der Waals surface area contributed by atoms with E-state index in [0.717, 1.165) is 30.7 Å². The molecule has 3 rings (SSSR count). The Hall–Kier alpha value is -2.88. The van der Waals surface area contributed by atoms with Crippen molar-refractivity contribution in [2.45, 2.75) is 18.8 Å². The van der Waals surface area contributed by atoms with Gasteiger partial charge in [0, 0.05) is 18.1 Å². The largest absolute Gasteiger partial charge is 0.478 e. The standard InChI is InChI=1S/C17H14F2N2O3/c18-12-5-6-15(13(19)9-12)23-8-2-1-7-20-17(22)14-10-16(24-21-14)11-3-4-11/h5-6,9-11H,3-4,7-8H2,(H,20,22). The number of nitrogens with zero attached hydrogens (tertiary/aromatic N) is 1. The minimum absolute atomic E-state index is 0.0752. The van der Waals surface area contributed by atoms with Gasteiger partial charge in [-0.2, -0.15) is 0 Å². The van der Waals surface area contributed by atoms with E-state index in [0.29, 0.717) is 5.92 Å². The number of hydrogen-bond donors (Lipinski definition) is 1. The molecule has 0 unspecified atom stereocenters. The maximum atomic E-state index is 13.3. The van der Waals surface area contributed by atoms with Crippen LogP contribution >= 0.6 is 0 Å². The highest BCUT2D eigenvalue weighted by atomic mass is 19.1. The van der Waals surface area contributed by atoms with Crippen molar-refractivity contribution in [3.63, 3.8) is 0 Å². The lowest BCUT2D eigenvalue weighted by Gasteiger charge is -2.02. The fourth-order valence-corrected chi connectivity index (χ4v) is 1.99. The summed E-state index contributed by atoms with van der Waals surface area (Å²) in [5.41, 5.74) is 0.225. The van der Waals surface area contributed by atoms with Crippen molar-refractivity contribution in [1.29, 1.82) is 0 Å². The second kappa shape index (κ2) is 7.13. The van der Waals surface area contributed by atoms with E-state index in [2.05, 4.69) is 22.3 Å². The molecule has 7 heteroatoms. The zero-order chi connectivity index (χ0) is 16.9. The molecule has 1 heterocycles. The molecule has 1 aromatic carbocycles. The smallest absolute Gasteiger partial charge is 0.274 e. The number of ether oxygens (including phenoxy) is 1. The highest BCUT2D eigenvalue weighted by Crippen LogP contribution is 2.40. The molecule has 0 aliphatic heterocycles. The van der Waals surface area contributed by atoms with Gasteiger partial charge in [-0.15, -0.1) is 0 Å². The SMILES string of the molecule is O=C(NCC#CCOc1ccc(F)cc1F)c1cc(C2CC2)on1. The molecule has 1 amide bonds. The highest BCUT2D eigenvalue weighted by Gasteiger charge is 2.28. The quantitative estimate of drug-likeness (QED) is 0.855. The van der Waals surface area contributed by atoms with Crippen molar-refractivity contribution in [3.05, 3.63) is 47.4 Å². The summed E-state index contributed by atoms with van der Waals surface area (Å²) in [7, 11) is 0. The van der Waals surface area contributed by atoms with Gasteiger partial charge >= 0.3 is 0 Å². The topological polar surface area (TPSA) is 64.4 Å². The van der Waals surface area contributed by atoms with E-state index in [1.807, 2.05) is 0 Å². The molecular weight excluding hydrogens is 318 g/mol. The summed E-state index contributed by atoms with van der Waals surface area (Å²) in [6, 6.07) is 4.66. The number of amides is 1. The number of hydrogen-bond acceptors (Lipinski definition) is 4. The maximum Gasteiger partial charge on any atom is 0.274 e. The van der Waals surface area contributed by atoms with Gasteiger partial charge in [-0.25, -0.2) is 8.78 Å². The van der Waals surface area contributed by atoms with Crippen molar-refractivity contribution in [2.75, 3.05) is 13.2 Å². The summed E-state index contributed by atoms with van der Waals surface area (Å²) in [5.74, 6) is 4.51. The van der Waals surface area contributed by atoms with Crippen LogP contribution in [0.1, 0.15) is 35.0 Å². The molecule has 1 saturated carbocycles. The average molecular weight is 332 g/mol. The van der Waals surface area contributed by atoms with E-state index in [1.54, 1.807) is 6.07 Å². The van der Waals surface area contributed by atoms with Crippen LogP contribution in [0.5, 0.6) is 5.75 Å². The molecule has 1 aliphatic rings. The molecule has 0 atom stereocenters. The van der Waals surface area contributed by atoms with E-state index in [9.17, 15) is 13.6 Å². The Morgan fingerprint density at radius 1 is 1.33 bits per heavy atom. The van der Waals surface area contributed by atoms with Gasteiger partial charge in [0.1, 0.15) is 18.2 Å². The maximum absolute atomic E-state index is 13.3. The van der Waals surface area contributed by atoms with E-state index >= 15 is 0 Å². The highest BCUT2D eigenvalue weighted by molar-refractivity contribution is 5.92. The van der Waals surface area contributed by atoms with Crippen molar-refractivity contribution in [1.82, 2.24) is 10.5 Å². The molecule has 0 bridgehead atoms. The van der Waals surface area contributed by atoms with Gasteiger partial charge in [0.2, 0.25) is 0 Å². The Labute approximate surface area is 137 Å². The second-order valence-electron chi connectivity index (χ2n) is 5.29. The first-order valence-corrected chi connectivity index (χ1v) is 7.42. The van der Waals surface area contributed by atoms with Gasteiger partial charge < -0.3 is 14.6 Å². The van der Waals surface area contributed by atoms with E-state index in [-0.39, 0.29) is 30.5 Å². The zero-order valence-electron chi connectivity index (χ0n) is 12.6. The number of nitrogens with one attached hydrogen (secondary N) is 1. The number of carbonyl (C=O) groups excluding carboxylic acids is 1. The molecule has 0 spiro atoms. The number of rotatable bonds is 5. The molecule has 1 aromatic heterocycles. The Bertz CT molecular complexity index is 804. The lowest BCUT2D eigenvalue weighted by molar-refractivity contribution is 0.0949. The minimum atomic E-state index is -0.789. The third-order valence-electron chi connectivity index (χ3n) is 3.40. The summed E-state index contributed by atoms with van der Waals surface area (Å²) in [4.78, 5) is 11.8. The molecule has 5 nitrogen and oxygen atoms in total. The number of benzene rings is 1. The van der Waals surface area contributed by atoms with Crippen molar-refractivity contribution >= 4 is 5.91 Å². The Morgan fingerprint density at radius 3 is 2.92 bits per heavy atom. The van der Waals surface area contributed by atoms with Crippen LogP contribution in [0.15, 0.2) is 28.8 Å². The predicted octanol–water partition coefficient (Wildman–Crippen LogP) is 2.64. The third-order valence-corrected chi connectivity index (χ3v) is 3.40. The summed E-state index contributed by atoms with van der Waals surface area (Å²) in [6.07, 6.45) is 2.13. The first-order valence-electron chi connectivity index (χ1n) is 7.42. The Morgan fingerprint density at radius 2 is 2.17 bits per heavy atom. The zero-order valence-corrected chi connectivity index (χ0v) is 12.6. The number of aromatic nitrogens is 1. The molecule has 124 valence electrons. The number of halogens is 2. The first kappa shape index (κ1) is 16.0. The van der Waals surface area contributed by atoms with Crippen LogP contribution in [0.4, 0.5) is 8.78 Å².